The first kappa shape index (κ1) is 12.4. The minimum Gasteiger partial charge on any atom is -0.391 e. The molecule has 1 aromatic carbocycles. The Hall–Kier alpha value is -1.01. The summed E-state index contributed by atoms with van der Waals surface area (Å²) in [5.41, 5.74) is -1.41. The number of benzene rings is 1. The maximum Gasteiger partial charge on any atom is 0.147 e. The van der Waals surface area contributed by atoms with Crippen LogP contribution in [-0.2, 0) is 10.3 Å². The van der Waals surface area contributed by atoms with Crippen LogP contribution in [0, 0.1) is 12.4 Å². The molecule has 0 bridgehead atoms. The normalized spacial score (nSPS) is 34.9. The zero-order chi connectivity index (χ0) is 12.6. The Kier molecular flexibility index (Phi) is 3.18. The van der Waals surface area contributed by atoms with Crippen molar-refractivity contribution in [2.75, 3.05) is 0 Å². The van der Waals surface area contributed by atoms with Gasteiger partial charge in [0, 0.05) is 0 Å². The van der Waals surface area contributed by atoms with Gasteiger partial charge in [-0.1, -0.05) is 12.1 Å². The lowest BCUT2D eigenvalue weighted by Gasteiger charge is -2.27. The van der Waals surface area contributed by atoms with Crippen molar-refractivity contribution < 1.29 is 24.4 Å². The molecule has 4 atom stereocenters. The summed E-state index contributed by atoms with van der Waals surface area (Å²) in [5, 5.41) is 29.6. The topological polar surface area (TPSA) is 69.9 Å². The number of rotatable bonds is 2. The average molecular weight is 241 g/mol. The number of ether oxygens (including phenoxy) is 1. The summed E-state index contributed by atoms with van der Waals surface area (Å²) in [6.45, 7) is 2.53. The summed E-state index contributed by atoms with van der Waals surface area (Å²) in [7, 11) is 0. The van der Waals surface area contributed by atoms with Crippen molar-refractivity contribution in [3.63, 3.8) is 0 Å². The van der Waals surface area contributed by atoms with E-state index in [0.717, 1.165) is 6.61 Å². The van der Waals surface area contributed by atoms with E-state index in [-0.39, 0.29) is 0 Å². The largest absolute Gasteiger partial charge is 0.391 e. The molecule has 1 radical (unpaired) electrons. The fourth-order valence-corrected chi connectivity index (χ4v) is 1.91. The monoisotopic (exact) mass is 241 g/mol. The lowest BCUT2D eigenvalue weighted by atomic mass is 9.87. The molecule has 0 saturated carbocycles. The van der Waals surface area contributed by atoms with Crippen LogP contribution in [0.15, 0.2) is 24.3 Å². The van der Waals surface area contributed by atoms with Gasteiger partial charge in [-0.2, -0.15) is 0 Å². The van der Waals surface area contributed by atoms with Crippen molar-refractivity contribution in [1.82, 2.24) is 0 Å². The molecule has 0 aromatic heterocycles. The predicted octanol–water partition coefficient (Wildman–Crippen LogP) is 0.316. The lowest BCUT2D eigenvalue weighted by molar-refractivity contribution is -0.0710. The summed E-state index contributed by atoms with van der Waals surface area (Å²) >= 11 is 0. The van der Waals surface area contributed by atoms with Crippen molar-refractivity contribution in [1.29, 1.82) is 0 Å². The second-order valence-electron chi connectivity index (χ2n) is 4.24. The molecule has 2 rings (SSSR count). The molecule has 17 heavy (non-hydrogen) atoms. The van der Waals surface area contributed by atoms with Gasteiger partial charge < -0.3 is 20.1 Å². The molecule has 0 aliphatic carbocycles. The molecule has 0 spiro atoms. The second-order valence-corrected chi connectivity index (χ2v) is 4.24. The van der Waals surface area contributed by atoms with Gasteiger partial charge in [-0.15, -0.1) is 0 Å². The average Bonchev–Trinajstić information content (AvgIpc) is 2.58. The van der Waals surface area contributed by atoms with E-state index in [1.807, 2.05) is 0 Å². The fraction of sp³-hybridized carbons (Fsp3) is 0.417. The van der Waals surface area contributed by atoms with Crippen molar-refractivity contribution in [3.05, 3.63) is 42.3 Å². The molecule has 4 nitrogen and oxygen atoms in total. The van der Waals surface area contributed by atoms with Gasteiger partial charge in [-0.3, -0.25) is 0 Å². The highest BCUT2D eigenvalue weighted by Gasteiger charge is 2.51. The summed E-state index contributed by atoms with van der Waals surface area (Å²) in [5.74, 6) is -0.433. The van der Waals surface area contributed by atoms with Crippen LogP contribution in [0.4, 0.5) is 4.39 Å². The second kappa shape index (κ2) is 4.34. The minimum atomic E-state index is -1.73. The van der Waals surface area contributed by atoms with Crippen LogP contribution in [0.25, 0.3) is 0 Å². The SMILES string of the molecule is CC(O)[C@H]1O[CH][C@@](O)(c2ccc(F)cc2)[C@@H]1O. The highest BCUT2D eigenvalue weighted by Crippen LogP contribution is 2.38. The highest BCUT2D eigenvalue weighted by molar-refractivity contribution is 5.29. The molecule has 93 valence electrons. The Morgan fingerprint density at radius 2 is 1.94 bits per heavy atom. The smallest absolute Gasteiger partial charge is 0.147 e. The lowest BCUT2D eigenvalue weighted by Crippen LogP contribution is -2.43. The predicted molar refractivity (Wildman–Crippen MR) is 57.2 cm³/mol. The highest BCUT2D eigenvalue weighted by atomic mass is 19.1. The zero-order valence-electron chi connectivity index (χ0n) is 9.25. The van der Waals surface area contributed by atoms with Gasteiger partial charge in [0.2, 0.25) is 0 Å². The Morgan fingerprint density at radius 3 is 2.41 bits per heavy atom. The van der Waals surface area contributed by atoms with E-state index in [1.54, 1.807) is 0 Å². The molecule has 1 aliphatic heterocycles. The third-order valence-electron chi connectivity index (χ3n) is 2.95. The maximum atomic E-state index is 12.8. The van der Waals surface area contributed by atoms with Crippen LogP contribution < -0.4 is 0 Å². The van der Waals surface area contributed by atoms with Crippen molar-refractivity contribution in [3.8, 4) is 0 Å². The van der Waals surface area contributed by atoms with Crippen LogP contribution in [0.3, 0.4) is 0 Å². The van der Waals surface area contributed by atoms with Crippen molar-refractivity contribution in [2.45, 2.75) is 30.8 Å². The third kappa shape index (κ3) is 2.07. The van der Waals surface area contributed by atoms with E-state index in [2.05, 4.69) is 0 Å². The van der Waals surface area contributed by atoms with Gasteiger partial charge in [0.1, 0.15) is 30.2 Å². The minimum absolute atomic E-state index is 0.314. The summed E-state index contributed by atoms with van der Waals surface area (Å²) in [6.07, 6.45) is -3.12. The van der Waals surface area contributed by atoms with E-state index < -0.39 is 29.7 Å². The molecule has 1 fully saturated rings. The summed E-state index contributed by atoms with van der Waals surface area (Å²) in [6, 6.07) is 5.10. The Morgan fingerprint density at radius 1 is 1.35 bits per heavy atom. The molecular weight excluding hydrogens is 227 g/mol. The number of aliphatic hydroxyl groups is 3. The Labute approximate surface area is 98.3 Å². The van der Waals surface area contributed by atoms with E-state index in [4.69, 9.17) is 4.74 Å². The number of hydrogen-bond donors (Lipinski definition) is 3. The van der Waals surface area contributed by atoms with E-state index in [1.165, 1.54) is 31.2 Å². The van der Waals surface area contributed by atoms with Gasteiger partial charge >= 0.3 is 0 Å². The van der Waals surface area contributed by atoms with Gasteiger partial charge in [-0.05, 0) is 24.6 Å². The molecule has 1 aliphatic rings. The standard InChI is InChI=1S/C12H14FO4/c1-7(14)10-11(15)12(16,6-17-10)8-2-4-9(13)5-3-8/h2-7,10-11,14-16H,1H3/t7?,10-,11-,12-/m1/s1. The van der Waals surface area contributed by atoms with Crippen LogP contribution >= 0.6 is 0 Å². The molecular formula is C12H14FO4. The molecule has 3 N–H and O–H groups in total. The maximum absolute atomic E-state index is 12.8. The van der Waals surface area contributed by atoms with Gasteiger partial charge in [0.05, 0.1) is 6.10 Å². The quantitative estimate of drug-likeness (QED) is 0.697. The zero-order valence-corrected chi connectivity index (χ0v) is 9.25. The first-order valence-corrected chi connectivity index (χ1v) is 5.29. The molecule has 5 heteroatoms. The van der Waals surface area contributed by atoms with Crippen LogP contribution in [0.2, 0.25) is 0 Å². The van der Waals surface area contributed by atoms with E-state index >= 15 is 0 Å². The van der Waals surface area contributed by atoms with Crippen LogP contribution in [0.1, 0.15) is 12.5 Å². The summed E-state index contributed by atoms with van der Waals surface area (Å²) in [4.78, 5) is 0. The fourth-order valence-electron chi connectivity index (χ4n) is 1.91. The molecule has 1 aromatic rings. The first-order chi connectivity index (χ1) is 7.95. The van der Waals surface area contributed by atoms with Gasteiger partial charge in [-0.25, -0.2) is 4.39 Å². The van der Waals surface area contributed by atoms with Crippen LogP contribution in [0.5, 0.6) is 0 Å². The van der Waals surface area contributed by atoms with E-state index in [0.29, 0.717) is 5.56 Å². The van der Waals surface area contributed by atoms with Crippen LogP contribution in [-0.4, -0.2) is 33.6 Å². The van der Waals surface area contributed by atoms with Crippen molar-refractivity contribution in [2.24, 2.45) is 0 Å². The van der Waals surface area contributed by atoms with E-state index in [9.17, 15) is 19.7 Å². The molecule has 0 amide bonds. The molecule has 1 unspecified atom stereocenters. The van der Waals surface area contributed by atoms with Crippen molar-refractivity contribution >= 4 is 0 Å². The van der Waals surface area contributed by atoms with Gasteiger partial charge in [0.15, 0.2) is 0 Å². The Bertz CT molecular complexity index is 392. The number of hydrogen-bond acceptors (Lipinski definition) is 4. The summed E-state index contributed by atoms with van der Waals surface area (Å²) < 4.78 is 17.8. The number of aliphatic hydroxyl groups excluding tert-OH is 2. The van der Waals surface area contributed by atoms with Gasteiger partial charge in [0.25, 0.3) is 0 Å². The third-order valence-corrected chi connectivity index (χ3v) is 2.95. The number of halogens is 1. The first-order valence-electron chi connectivity index (χ1n) is 5.29. The molecule has 1 heterocycles. The Balaban J connectivity index is 2.28. The molecule has 1 saturated heterocycles.